The Labute approximate surface area is 163 Å². The molecule has 0 spiro atoms. The largest absolute Gasteiger partial charge is 0.301 e. The first kappa shape index (κ1) is 20.0. The van der Waals surface area contributed by atoms with E-state index in [4.69, 9.17) is 4.84 Å². The lowest BCUT2D eigenvalue weighted by atomic mass is 9.87. The van der Waals surface area contributed by atoms with Crippen molar-refractivity contribution in [3.63, 3.8) is 0 Å². The molecule has 0 aromatic carbocycles. The van der Waals surface area contributed by atoms with Crippen molar-refractivity contribution in [2.75, 3.05) is 33.7 Å². The second-order valence-electron chi connectivity index (χ2n) is 9.35. The number of halogens is 1. The van der Waals surface area contributed by atoms with Crippen LogP contribution in [0, 0.1) is 11.8 Å². The predicted octanol–water partition coefficient (Wildman–Crippen LogP) is 1.64. The van der Waals surface area contributed by atoms with E-state index in [2.05, 4.69) is 40.0 Å². The number of hydroxylamine groups is 1. The quantitative estimate of drug-likeness (QED) is 0.671. The van der Waals surface area contributed by atoms with Crippen molar-refractivity contribution in [1.29, 1.82) is 0 Å². The molecule has 5 atom stereocenters. The van der Waals surface area contributed by atoms with Gasteiger partial charge in [0.25, 0.3) is 0 Å². The van der Waals surface area contributed by atoms with E-state index in [0.29, 0.717) is 24.0 Å². The number of rotatable bonds is 5. The van der Waals surface area contributed by atoms with Crippen LogP contribution in [0.2, 0.25) is 0 Å². The minimum absolute atomic E-state index is 0.0709. The van der Waals surface area contributed by atoms with Crippen molar-refractivity contribution in [3.05, 3.63) is 0 Å². The Hall–Kier alpha value is -0.310. The highest BCUT2D eigenvalue weighted by molar-refractivity contribution is 4.92. The monoisotopic (exact) mass is 383 g/mol. The van der Waals surface area contributed by atoms with E-state index in [-0.39, 0.29) is 12.4 Å². The van der Waals surface area contributed by atoms with Gasteiger partial charge in [0.1, 0.15) is 12.4 Å². The van der Waals surface area contributed by atoms with Gasteiger partial charge in [0, 0.05) is 19.0 Å². The van der Waals surface area contributed by atoms with E-state index in [0.717, 1.165) is 45.3 Å². The molecule has 4 fully saturated rings. The molecule has 7 heteroatoms. The molecule has 6 nitrogen and oxygen atoms in total. The van der Waals surface area contributed by atoms with E-state index in [9.17, 15) is 4.39 Å². The number of nitrogens with one attached hydrogen (secondary N) is 3. The number of likely N-dealkylation sites (tertiary alicyclic amines) is 1. The van der Waals surface area contributed by atoms with Crippen molar-refractivity contribution in [1.82, 2.24) is 25.9 Å². The van der Waals surface area contributed by atoms with E-state index in [1.807, 2.05) is 0 Å². The Morgan fingerprint density at radius 1 is 1.07 bits per heavy atom. The smallest absolute Gasteiger partial charge is 0.146 e. The zero-order chi connectivity index (χ0) is 18.8. The molecule has 0 bridgehead atoms. The predicted molar refractivity (Wildman–Crippen MR) is 105 cm³/mol. The summed E-state index contributed by atoms with van der Waals surface area (Å²) in [4.78, 5) is 10.9. The number of hydrogen-bond donors (Lipinski definition) is 3. The van der Waals surface area contributed by atoms with Gasteiger partial charge in [-0.2, -0.15) is 5.48 Å². The number of alkyl halides is 1. The van der Waals surface area contributed by atoms with Gasteiger partial charge in [-0.15, -0.1) is 0 Å². The van der Waals surface area contributed by atoms with Crippen LogP contribution in [0.25, 0.3) is 0 Å². The SMILES string of the molecule is CN(C)C1CCC(C2NOC([C@H]3CCCN3CC3CCC(F)CC3)N2)CN1. The highest BCUT2D eigenvalue weighted by Crippen LogP contribution is 2.31. The van der Waals surface area contributed by atoms with Crippen molar-refractivity contribution >= 4 is 0 Å². The zero-order valence-electron chi connectivity index (χ0n) is 17.0. The molecule has 1 aliphatic carbocycles. The third-order valence-electron chi connectivity index (χ3n) is 7.22. The molecule has 0 amide bonds. The molecule has 4 unspecified atom stereocenters. The number of nitrogens with zero attached hydrogens (tertiary/aromatic N) is 2. The summed E-state index contributed by atoms with van der Waals surface area (Å²) >= 11 is 0. The third-order valence-corrected chi connectivity index (χ3v) is 7.22. The normalized spacial score (nSPS) is 44.2. The lowest BCUT2D eigenvalue weighted by Crippen LogP contribution is -2.54. The summed E-state index contributed by atoms with van der Waals surface area (Å²) in [7, 11) is 4.27. The molecular formula is C20H38FN5O. The average molecular weight is 384 g/mol. The van der Waals surface area contributed by atoms with E-state index >= 15 is 0 Å². The van der Waals surface area contributed by atoms with Gasteiger partial charge in [-0.1, -0.05) is 0 Å². The molecular weight excluding hydrogens is 345 g/mol. The van der Waals surface area contributed by atoms with Crippen LogP contribution in [-0.4, -0.2) is 74.3 Å². The molecule has 1 saturated carbocycles. The van der Waals surface area contributed by atoms with E-state index in [1.165, 1.54) is 25.7 Å². The van der Waals surface area contributed by atoms with Crippen LogP contribution in [0.4, 0.5) is 4.39 Å². The van der Waals surface area contributed by atoms with Gasteiger partial charge in [0.15, 0.2) is 0 Å². The number of hydrogen-bond acceptors (Lipinski definition) is 6. The van der Waals surface area contributed by atoms with Crippen molar-refractivity contribution in [2.24, 2.45) is 11.8 Å². The van der Waals surface area contributed by atoms with Crippen LogP contribution < -0.4 is 16.1 Å². The third kappa shape index (κ3) is 4.82. The standard InChI is InChI=1S/C20H38FN5O/c1-25(2)18-10-7-15(12-22-18)19-23-20(27-24-19)17-4-3-11-26(17)13-14-5-8-16(21)9-6-14/h14-20,22-24H,3-13H2,1-2H3/t14?,15?,16?,17-,18?,19?,20?/m1/s1. The fraction of sp³-hybridized carbons (Fsp3) is 1.00. The van der Waals surface area contributed by atoms with Crippen molar-refractivity contribution in [3.8, 4) is 0 Å². The van der Waals surface area contributed by atoms with E-state index < -0.39 is 6.17 Å². The van der Waals surface area contributed by atoms with Crippen molar-refractivity contribution in [2.45, 2.75) is 82.1 Å². The Kier molecular flexibility index (Phi) is 6.67. The van der Waals surface area contributed by atoms with Gasteiger partial charge in [-0.05, 0) is 77.9 Å². The Balaban J connectivity index is 1.25. The topological polar surface area (TPSA) is 51.8 Å². The Morgan fingerprint density at radius 3 is 2.59 bits per heavy atom. The molecule has 4 aliphatic rings. The second-order valence-corrected chi connectivity index (χ2v) is 9.35. The lowest BCUT2D eigenvalue weighted by Gasteiger charge is -2.36. The van der Waals surface area contributed by atoms with Gasteiger partial charge < -0.3 is 5.32 Å². The summed E-state index contributed by atoms with van der Waals surface area (Å²) in [6, 6.07) is 0.441. The molecule has 3 heterocycles. The average Bonchev–Trinajstić information content (AvgIpc) is 3.33. The van der Waals surface area contributed by atoms with Crippen molar-refractivity contribution < 1.29 is 9.23 Å². The van der Waals surface area contributed by atoms with Crippen LogP contribution in [0.15, 0.2) is 0 Å². The van der Waals surface area contributed by atoms with Crippen LogP contribution >= 0.6 is 0 Å². The highest BCUT2D eigenvalue weighted by atomic mass is 19.1. The summed E-state index contributed by atoms with van der Waals surface area (Å²) in [5.74, 6) is 1.22. The van der Waals surface area contributed by atoms with Crippen LogP contribution in [0.1, 0.15) is 51.4 Å². The van der Waals surface area contributed by atoms with Crippen LogP contribution in [0.3, 0.4) is 0 Å². The summed E-state index contributed by atoms with van der Waals surface area (Å²) < 4.78 is 13.4. The highest BCUT2D eigenvalue weighted by Gasteiger charge is 2.41. The summed E-state index contributed by atoms with van der Waals surface area (Å²) in [6.07, 6.45) is 8.65. The summed E-state index contributed by atoms with van der Waals surface area (Å²) in [5.41, 5.74) is 3.29. The maximum absolute atomic E-state index is 13.4. The van der Waals surface area contributed by atoms with Crippen LogP contribution in [-0.2, 0) is 4.84 Å². The van der Waals surface area contributed by atoms with Gasteiger partial charge in [0.05, 0.1) is 18.4 Å². The fourth-order valence-corrected chi connectivity index (χ4v) is 5.46. The first-order valence-corrected chi connectivity index (χ1v) is 11.1. The molecule has 27 heavy (non-hydrogen) atoms. The Morgan fingerprint density at radius 2 is 1.89 bits per heavy atom. The molecule has 3 N–H and O–H groups in total. The van der Waals surface area contributed by atoms with Crippen LogP contribution in [0.5, 0.6) is 0 Å². The first-order chi connectivity index (χ1) is 13.1. The lowest BCUT2D eigenvalue weighted by molar-refractivity contribution is -0.0277. The first-order valence-electron chi connectivity index (χ1n) is 11.1. The maximum atomic E-state index is 13.4. The summed E-state index contributed by atoms with van der Waals surface area (Å²) in [6.45, 7) is 3.28. The molecule has 0 aromatic heterocycles. The maximum Gasteiger partial charge on any atom is 0.146 e. The van der Waals surface area contributed by atoms with E-state index in [1.54, 1.807) is 0 Å². The summed E-state index contributed by atoms with van der Waals surface area (Å²) in [5, 5.41) is 7.38. The minimum Gasteiger partial charge on any atom is -0.301 e. The van der Waals surface area contributed by atoms with Gasteiger partial charge >= 0.3 is 0 Å². The number of piperidine rings is 1. The van der Waals surface area contributed by atoms with Gasteiger partial charge in [-0.3, -0.25) is 20.0 Å². The molecule has 3 aliphatic heterocycles. The molecule has 3 saturated heterocycles. The zero-order valence-corrected chi connectivity index (χ0v) is 17.0. The molecule has 4 rings (SSSR count). The molecule has 156 valence electrons. The second kappa shape index (κ2) is 9.01. The minimum atomic E-state index is -0.559. The molecule has 0 radical (unpaired) electrons. The molecule has 0 aromatic rings. The Bertz CT molecular complexity index is 465. The van der Waals surface area contributed by atoms with Gasteiger partial charge in [0.2, 0.25) is 0 Å². The van der Waals surface area contributed by atoms with Gasteiger partial charge in [-0.25, -0.2) is 4.39 Å². The fourth-order valence-electron chi connectivity index (χ4n) is 5.46.